The standard InChI is InChI=1S/C28H35N7O4/c1-33-10-5-9-24(33)27(37)34(2)17-21-13-20-7-4-11-35(26(20)31-23(21)18-36)28(38)32-25-14-19(8-6-12-39-3)22(15-29)16-30-25/h13-14,16,18,24H,4-12,17H2,1-3H3,(H,30,32,38)/t24-/m1/s1. The van der Waals surface area contributed by atoms with Crippen molar-refractivity contribution in [1.82, 2.24) is 19.8 Å². The Kier molecular flexibility index (Phi) is 9.22. The van der Waals surface area contributed by atoms with E-state index >= 15 is 0 Å². The highest BCUT2D eigenvalue weighted by Crippen LogP contribution is 2.29. The van der Waals surface area contributed by atoms with Gasteiger partial charge >= 0.3 is 6.03 Å². The molecule has 1 atom stereocenters. The van der Waals surface area contributed by atoms with Gasteiger partial charge in [-0.15, -0.1) is 0 Å². The second kappa shape index (κ2) is 12.8. The number of methoxy groups -OCH3 is 1. The number of amides is 3. The fraction of sp³-hybridized carbons (Fsp3) is 0.500. The van der Waals surface area contributed by atoms with Crippen LogP contribution in [0.3, 0.4) is 0 Å². The third-order valence-corrected chi connectivity index (χ3v) is 7.36. The highest BCUT2D eigenvalue weighted by atomic mass is 16.5. The van der Waals surface area contributed by atoms with E-state index in [0.717, 1.165) is 43.4 Å². The predicted octanol–water partition coefficient (Wildman–Crippen LogP) is 2.78. The normalized spacial score (nSPS) is 16.9. The van der Waals surface area contributed by atoms with Gasteiger partial charge in [0.2, 0.25) is 5.91 Å². The summed E-state index contributed by atoms with van der Waals surface area (Å²) in [5.41, 5.74) is 2.97. The van der Waals surface area contributed by atoms with E-state index in [1.54, 1.807) is 25.1 Å². The molecule has 0 unspecified atom stereocenters. The first-order valence-electron chi connectivity index (χ1n) is 13.3. The number of carbonyl (C=O) groups is 3. The lowest BCUT2D eigenvalue weighted by Crippen LogP contribution is -2.42. The summed E-state index contributed by atoms with van der Waals surface area (Å²) < 4.78 is 5.10. The molecule has 0 aliphatic carbocycles. The summed E-state index contributed by atoms with van der Waals surface area (Å²) >= 11 is 0. The SMILES string of the molecule is COCCCc1cc(NC(=O)N2CCCc3cc(CN(C)C(=O)[C@H]4CCCN4C)c(C=O)nc32)ncc1C#N. The number of nitrogens with zero attached hydrogens (tertiary/aromatic N) is 6. The Hall–Kier alpha value is -3.88. The molecule has 11 nitrogen and oxygen atoms in total. The topological polar surface area (TPSA) is 132 Å². The largest absolute Gasteiger partial charge is 0.385 e. The Balaban J connectivity index is 1.52. The lowest BCUT2D eigenvalue weighted by Gasteiger charge is -2.30. The molecule has 0 saturated carbocycles. The first-order chi connectivity index (χ1) is 18.9. The number of aldehydes is 1. The molecule has 2 aliphatic heterocycles. The van der Waals surface area contributed by atoms with Crippen molar-refractivity contribution < 1.29 is 19.1 Å². The van der Waals surface area contributed by atoms with E-state index in [1.807, 2.05) is 13.1 Å². The number of hydrogen-bond donors (Lipinski definition) is 1. The zero-order valence-corrected chi connectivity index (χ0v) is 22.8. The van der Waals surface area contributed by atoms with Gasteiger partial charge in [-0.1, -0.05) is 0 Å². The van der Waals surface area contributed by atoms with Crippen molar-refractivity contribution in [2.24, 2.45) is 0 Å². The number of hydrogen-bond acceptors (Lipinski definition) is 8. The zero-order chi connectivity index (χ0) is 27.9. The van der Waals surface area contributed by atoms with Crippen LogP contribution in [0.1, 0.15) is 58.4 Å². The summed E-state index contributed by atoms with van der Waals surface area (Å²) in [6.45, 7) is 2.17. The van der Waals surface area contributed by atoms with Gasteiger partial charge < -0.3 is 9.64 Å². The molecule has 2 aliphatic rings. The second-order valence-corrected chi connectivity index (χ2v) is 10.1. The Labute approximate surface area is 228 Å². The summed E-state index contributed by atoms with van der Waals surface area (Å²) in [4.78, 5) is 52.3. The maximum absolute atomic E-state index is 13.3. The van der Waals surface area contributed by atoms with Crippen LogP contribution in [0, 0.1) is 11.3 Å². The van der Waals surface area contributed by atoms with Gasteiger partial charge in [0.1, 0.15) is 23.4 Å². The van der Waals surface area contributed by atoms with Gasteiger partial charge in [0, 0.05) is 45.6 Å². The quantitative estimate of drug-likeness (QED) is 0.384. The van der Waals surface area contributed by atoms with Gasteiger partial charge in [-0.05, 0) is 75.4 Å². The van der Waals surface area contributed by atoms with Gasteiger partial charge in [0.25, 0.3) is 0 Å². The number of likely N-dealkylation sites (N-methyl/N-ethyl adjacent to an activating group) is 2. The first-order valence-corrected chi connectivity index (χ1v) is 13.3. The predicted molar refractivity (Wildman–Crippen MR) is 146 cm³/mol. The van der Waals surface area contributed by atoms with Gasteiger partial charge in [0.15, 0.2) is 6.29 Å². The molecule has 1 N–H and O–H groups in total. The summed E-state index contributed by atoms with van der Waals surface area (Å²) in [5.74, 6) is 0.799. The van der Waals surface area contributed by atoms with E-state index < -0.39 is 6.03 Å². The molecule has 1 saturated heterocycles. The average Bonchev–Trinajstić information content (AvgIpc) is 3.37. The van der Waals surface area contributed by atoms with Crippen molar-refractivity contribution in [3.05, 3.63) is 46.3 Å². The van der Waals surface area contributed by atoms with Gasteiger partial charge in [-0.3, -0.25) is 24.7 Å². The van der Waals surface area contributed by atoms with Crippen LogP contribution in [0.4, 0.5) is 16.4 Å². The lowest BCUT2D eigenvalue weighted by molar-refractivity contribution is -0.134. The molecule has 11 heteroatoms. The van der Waals surface area contributed by atoms with Crippen LogP contribution >= 0.6 is 0 Å². The third kappa shape index (κ3) is 6.41. The lowest BCUT2D eigenvalue weighted by atomic mass is 10.0. The molecule has 206 valence electrons. The molecule has 1 fully saturated rings. The first kappa shape index (κ1) is 28.1. The number of anilines is 2. The molecule has 2 aromatic rings. The monoisotopic (exact) mass is 533 g/mol. The number of likely N-dealkylation sites (tertiary alicyclic amines) is 1. The zero-order valence-electron chi connectivity index (χ0n) is 22.8. The van der Waals surface area contributed by atoms with Crippen LogP contribution in [0.25, 0.3) is 0 Å². The molecule has 0 radical (unpaired) electrons. The minimum atomic E-state index is -0.412. The van der Waals surface area contributed by atoms with Crippen LogP contribution in [0.2, 0.25) is 0 Å². The van der Waals surface area contributed by atoms with Crippen molar-refractivity contribution in [3.8, 4) is 6.07 Å². The third-order valence-electron chi connectivity index (χ3n) is 7.36. The average molecular weight is 534 g/mol. The van der Waals surface area contributed by atoms with Crippen molar-refractivity contribution in [2.45, 2.75) is 51.1 Å². The Bertz CT molecular complexity index is 1280. The molecular formula is C28H35N7O4. The summed E-state index contributed by atoms with van der Waals surface area (Å²) in [6, 6.07) is 5.18. The van der Waals surface area contributed by atoms with Gasteiger partial charge in [0.05, 0.1) is 11.6 Å². The number of rotatable bonds is 9. The molecule has 0 spiro atoms. The molecule has 4 rings (SSSR count). The number of fused-ring (bicyclic) bond motifs is 1. The summed E-state index contributed by atoms with van der Waals surface area (Å²) in [6.07, 6.45) is 6.75. The number of urea groups is 1. The van der Waals surface area contributed by atoms with Crippen molar-refractivity contribution in [3.63, 3.8) is 0 Å². The minimum absolute atomic E-state index is 0.0297. The fourth-order valence-corrected chi connectivity index (χ4v) is 5.25. The van der Waals surface area contributed by atoms with Gasteiger partial charge in [-0.2, -0.15) is 5.26 Å². The van der Waals surface area contributed by atoms with E-state index in [2.05, 4.69) is 26.3 Å². The number of nitriles is 1. The number of nitrogens with one attached hydrogen (secondary N) is 1. The molecule has 0 aromatic carbocycles. The number of aryl methyl sites for hydroxylation is 2. The van der Waals surface area contributed by atoms with Crippen LogP contribution in [-0.2, 0) is 28.9 Å². The van der Waals surface area contributed by atoms with Crippen molar-refractivity contribution in [1.29, 1.82) is 5.26 Å². The Morgan fingerprint density at radius 3 is 2.79 bits per heavy atom. The van der Waals surface area contributed by atoms with Crippen molar-refractivity contribution in [2.75, 3.05) is 51.1 Å². The fourth-order valence-electron chi connectivity index (χ4n) is 5.25. The van der Waals surface area contributed by atoms with Crippen LogP contribution < -0.4 is 10.2 Å². The molecule has 3 amide bonds. The number of aromatic nitrogens is 2. The number of carbonyl (C=O) groups excluding carboxylic acids is 3. The maximum atomic E-state index is 13.3. The molecule has 2 aromatic heterocycles. The Morgan fingerprint density at radius 2 is 2.10 bits per heavy atom. The van der Waals surface area contributed by atoms with E-state index in [0.29, 0.717) is 55.0 Å². The highest BCUT2D eigenvalue weighted by Gasteiger charge is 2.31. The summed E-state index contributed by atoms with van der Waals surface area (Å²) in [5, 5.41) is 12.2. The van der Waals surface area contributed by atoms with E-state index in [1.165, 1.54) is 11.1 Å². The second-order valence-electron chi connectivity index (χ2n) is 10.1. The van der Waals surface area contributed by atoms with E-state index in [4.69, 9.17) is 4.74 Å². The van der Waals surface area contributed by atoms with E-state index in [9.17, 15) is 19.6 Å². The number of pyridine rings is 2. The molecule has 39 heavy (non-hydrogen) atoms. The van der Waals surface area contributed by atoms with Crippen LogP contribution in [0.5, 0.6) is 0 Å². The molecule has 0 bridgehead atoms. The van der Waals surface area contributed by atoms with Crippen LogP contribution in [-0.4, -0.2) is 84.9 Å². The van der Waals surface area contributed by atoms with Crippen LogP contribution in [0.15, 0.2) is 18.3 Å². The minimum Gasteiger partial charge on any atom is -0.385 e. The Morgan fingerprint density at radius 1 is 1.28 bits per heavy atom. The highest BCUT2D eigenvalue weighted by molar-refractivity contribution is 6.01. The smallest absolute Gasteiger partial charge is 0.328 e. The van der Waals surface area contributed by atoms with Gasteiger partial charge in [-0.25, -0.2) is 14.8 Å². The van der Waals surface area contributed by atoms with E-state index in [-0.39, 0.29) is 24.2 Å². The molecular weight excluding hydrogens is 498 g/mol. The van der Waals surface area contributed by atoms with Crippen molar-refractivity contribution >= 4 is 29.9 Å². The number of ether oxygens (including phenoxy) is 1. The maximum Gasteiger partial charge on any atom is 0.328 e. The molecule has 4 heterocycles. The summed E-state index contributed by atoms with van der Waals surface area (Å²) in [7, 11) is 5.33.